The van der Waals surface area contributed by atoms with Gasteiger partial charge in [0.25, 0.3) is 0 Å². The molecule has 0 saturated carbocycles. The molecule has 0 amide bonds. The lowest BCUT2D eigenvalue weighted by molar-refractivity contribution is 0.761. The first-order valence-corrected chi connectivity index (χ1v) is 23.7. The molecule has 0 aliphatic heterocycles. The van der Waals surface area contributed by atoms with Gasteiger partial charge < -0.3 is 4.90 Å². The van der Waals surface area contributed by atoms with Crippen molar-refractivity contribution in [2.24, 2.45) is 0 Å². The van der Waals surface area contributed by atoms with Crippen LogP contribution in [0.4, 0.5) is 17.1 Å². The van der Waals surface area contributed by atoms with Gasteiger partial charge in [0, 0.05) is 21.5 Å². The number of benzene rings is 10. The molecule has 1 aromatic heterocycles. The molecule has 2 aliphatic carbocycles. The van der Waals surface area contributed by atoms with E-state index in [4.69, 9.17) is 0 Å². The van der Waals surface area contributed by atoms with Crippen molar-refractivity contribution in [3.63, 3.8) is 0 Å². The fourth-order valence-electron chi connectivity index (χ4n) is 11.7. The molecule has 10 aromatic carbocycles. The molecule has 0 radical (unpaired) electrons. The zero-order valence-electron chi connectivity index (χ0n) is 36.2. The van der Waals surface area contributed by atoms with E-state index in [1.807, 2.05) is 0 Å². The van der Waals surface area contributed by atoms with Crippen molar-refractivity contribution in [2.45, 2.75) is 10.8 Å². The van der Waals surface area contributed by atoms with Gasteiger partial charge in [0.1, 0.15) is 0 Å². The van der Waals surface area contributed by atoms with Gasteiger partial charge in [0.05, 0.1) is 22.2 Å². The molecule has 0 unspecified atom stereocenters. The van der Waals surface area contributed by atoms with E-state index in [1.54, 1.807) is 11.3 Å². The van der Waals surface area contributed by atoms with E-state index in [2.05, 4.69) is 265 Å². The molecule has 0 spiro atoms. The quantitative estimate of drug-likeness (QED) is 0.147. The molecule has 0 atom stereocenters. The molecule has 0 bridgehead atoms. The van der Waals surface area contributed by atoms with Gasteiger partial charge in [-0.2, -0.15) is 0 Å². The van der Waals surface area contributed by atoms with Gasteiger partial charge in [0.15, 0.2) is 0 Å². The standard InChI is InChI=1S/C64H43NS/c1-5-19-47(20-6-1)63(48-21-7-2-8-22-48)56-31-15-13-27-52(56)54-29-17-33-58(61(54)63)65(51-38-35-44(36-39-51)45-37-40-60-46(43-45)41-42-66-60)59-34-18-30-55-53-28-14-16-32-57(53)64(62(55)59,49-23-9-3-10-24-49)50-25-11-4-12-26-50/h1-43H. The van der Waals surface area contributed by atoms with E-state index in [0.29, 0.717) is 0 Å². The largest absolute Gasteiger partial charge is 0.310 e. The second kappa shape index (κ2) is 15.3. The van der Waals surface area contributed by atoms with E-state index in [-0.39, 0.29) is 0 Å². The second-order valence-electron chi connectivity index (χ2n) is 17.5. The maximum atomic E-state index is 2.60. The van der Waals surface area contributed by atoms with Crippen LogP contribution < -0.4 is 4.90 Å². The summed E-state index contributed by atoms with van der Waals surface area (Å²) in [6.45, 7) is 0. The average Bonchev–Trinajstić information content (AvgIpc) is 4.09. The Kier molecular flexibility index (Phi) is 8.91. The molecule has 310 valence electrons. The van der Waals surface area contributed by atoms with Crippen LogP contribution in [0.15, 0.2) is 260 Å². The van der Waals surface area contributed by atoms with Gasteiger partial charge in [0.2, 0.25) is 0 Å². The third-order valence-corrected chi connectivity index (χ3v) is 15.2. The van der Waals surface area contributed by atoms with Crippen LogP contribution in [0.5, 0.6) is 0 Å². The molecule has 13 rings (SSSR count). The van der Waals surface area contributed by atoms with Crippen LogP contribution in [-0.4, -0.2) is 0 Å². The summed E-state index contributed by atoms with van der Waals surface area (Å²) < 4.78 is 1.31. The number of hydrogen-bond donors (Lipinski definition) is 0. The number of anilines is 3. The first-order valence-electron chi connectivity index (χ1n) is 22.8. The summed E-state index contributed by atoms with van der Waals surface area (Å²) in [5.41, 5.74) is 19.6. The molecule has 2 aliphatic rings. The van der Waals surface area contributed by atoms with Crippen molar-refractivity contribution in [3.05, 3.63) is 305 Å². The minimum absolute atomic E-state index is 0.629. The number of rotatable bonds is 8. The second-order valence-corrected chi connectivity index (χ2v) is 18.5. The Hall–Kier alpha value is -8.04. The Morgan fingerprint density at radius 2 is 0.727 bits per heavy atom. The summed E-state index contributed by atoms with van der Waals surface area (Å²) in [6, 6.07) is 95.2. The topological polar surface area (TPSA) is 3.24 Å². The van der Waals surface area contributed by atoms with Gasteiger partial charge >= 0.3 is 0 Å². The zero-order valence-corrected chi connectivity index (χ0v) is 37.0. The highest BCUT2D eigenvalue weighted by Gasteiger charge is 2.51. The Balaban J connectivity index is 1.16. The van der Waals surface area contributed by atoms with Gasteiger partial charge in [-0.3, -0.25) is 0 Å². The molecule has 11 aromatic rings. The first-order chi connectivity index (χ1) is 32.8. The van der Waals surface area contributed by atoms with E-state index in [9.17, 15) is 0 Å². The van der Waals surface area contributed by atoms with Crippen LogP contribution in [0.3, 0.4) is 0 Å². The minimum atomic E-state index is -0.629. The third-order valence-electron chi connectivity index (χ3n) is 14.3. The Morgan fingerprint density at radius 3 is 1.20 bits per heavy atom. The van der Waals surface area contributed by atoms with Crippen LogP contribution in [0.2, 0.25) is 0 Å². The normalized spacial score (nSPS) is 13.7. The summed E-state index contributed by atoms with van der Waals surface area (Å²) in [4.78, 5) is 2.60. The lowest BCUT2D eigenvalue weighted by Gasteiger charge is -2.40. The van der Waals surface area contributed by atoms with Crippen LogP contribution in [-0.2, 0) is 10.8 Å². The van der Waals surface area contributed by atoms with Gasteiger partial charge in [-0.1, -0.05) is 212 Å². The number of thiophene rings is 1. The van der Waals surface area contributed by atoms with Gasteiger partial charge in [-0.05, 0) is 120 Å². The SMILES string of the molecule is c1ccc(C2(c3ccccc3)c3ccccc3-c3cccc(N(c4ccc(-c5ccc6sccc6c5)cc4)c4cccc5c4C(c4ccccc4)(c4ccccc4)c4ccccc4-5)c32)cc1. The summed E-state index contributed by atoms with van der Waals surface area (Å²) in [6.07, 6.45) is 0. The summed E-state index contributed by atoms with van der Waals surface area (Å²) in [5.74, 6) is 0. The van der Waals surface area contributed by atoms with Gasteiger partial charge in [-0.15, -0.1) is 11.3 Å². The average molecular weight is 858 g/mol. The number of hydrogen-bond acceptors (Lipinski definition) is 2. The fourth-order valence-corrected chi connectivity index (χ4v) is 12.5. The molecule has 66 heavy (non-hydrogen) atoms. The van der Waals surface area contributed by atoms with Crippen LogP contribution >= 0.6 is 11.3 Å². The van der Waals surface area contributed by atoms with E-state index < -0.39 is 10.8 Å². The van der Waals surface area contributed by atoms with Crippen LogP contribution in [0.25, 0.3) is 43.5 Å². The van der Waals surface area contributed by atoms with Crippen molar-refractivity contribution in [1.82, 2.24) is 0 Å². The smallest absolute Gasteiger partial charge is 0.0734 e. The Bertz CT molecular complexity index is 3310. The maximum absolute atomic E-state index is 2.60. The lowest BCUT2D eigenvalue weighted by Crippen LogP contribution is -2.32. The fraction of sp³-hybridized carbons (Fsp3) is 0.0312. The molecule has 1 nitrogen and oxygen atoms in total. The summed E-state index contributed by atoms with van der Waals surface area (Å²) in [7, 11) is 0. The molecule has 1 heterocycles. The molecular formula is C64H43NS. The highest BCUT2D eigenvalue weighted by molar-refractivity contribution is 7.17. The predicted octanol–water partition coefficient (Wildman–Crippen LogP) is 16.8. The Labute approximate surface area is 390 Å². The summed E-state index contributed by atoms with van der Waals surface area (Å²) in [5, 5.41) is 3.46. The lowest BCUT2D eigenvalue weighted by atomic mass is 9.66. The van der Waals surface area contributed by atoms with E-state index in [0.717, 1.165) is 17.1 Å². The van der Waals surface area contributed by atoms with Gasteiger partial charge in [-0.25, -0.2) is 0 Å². The monoisotopic (exact) mass is 857 g/mol. The van der Waals surface area contributed by atoms with E-state index in [1.165, 1.54) is 88.0 Å². The van der Waals surface area contributed by atoms with Crippen molar-refractivity contribution >= 4 is 38.5 Å². The maximum Gasteiger partial charge on any atom is 0.0734 e. The van der Waals surface area contributed by atoms with E-state index >= 15 is 0 Å². The third kappa shape index (κ3) is 5.52. The van der Waals surface area contributed by atoms with Crippen LogP contribution in [0.1, 0.15) is 44.5 Å². The number of fused-ring (bicyclic) bond motifs is 7. The van der Waals surface area contributed by atoms with Crippen LogP contribution in [0, 0.1) is 0 Å². The minimum Gasteiger partial charge on any atom is -0.310 e. The first kappa shape index (κ1) is 38.4. The molecule has 0 saturated heterocycles. The molecule has 0 N–H and O–H groups in total. The van der Waals surface area contributed by atoms with Crippen molar-refractivity contribution in [2.75, 3.05) is 4.90 Å². The molecule has 2 heteroatoms. The highest BCUT2D eigenvalue weighted by atomic mass is 32.1. The van der Waals surface area contributed by atoms with Crippen molar-refractivity contribution in [3.8, 4) is 33.4 Å². The molecular weight excluding hydrogens is 815 g/mol. The molecule has 0 fully saturated rings. The van der Waals surface area contributed by atoms with Crippen molar-refractivity contribution < 1.29 is 0 Å². The highest BCUT2D eigenvalue weighted by Crippen LogP contribution is 2.63. The predicted molar refractivity (Wildman–Crippen MR) is 277 cm³/mol. The van der Waals surface area contributed by atoms with Crippen molar-refractivity contribution in [1.29, 1.82) is 0 Å². The zero-order chi connectivity index (χ0) is 43.7. The Morgan fingerprint density at radius 1 is 0.318 bits per heavy atom. The summed E-state index contributed by atoms with van der Waals surface area (Å²) >= 11 is 1.79. The number of nitrogens with zero attached hydrogens (tertiary/aromatic N) is 1.